The Morgan fingerprint density at radius 3 is 2.64 bits per heavy atom. The lowest BCUT2D eigenvalue weighted by Gasteiger charge is -2.36. The summed E-state index contributed by atoms with van der Waals surface area (Å²) in [4.78, 5) is 9.55. The summed E-state index contributed by atoms with van der Waals surface area (Å²) >= 11 is 0. The molecule has 6 heteroatoms. The molecular weight excluding hydrogens is 350 g/mol. The fourth-order valence-electron chi connectivity index (χ4n) is 3.22. The molecule has 3 rings (SSSR count). The Labute approximate surface area is 167 Å². The number of aliphatic imine (C=N–C) groups is 1. The van der Waals surface area contributed by atoms with Crippen LogP contribution in [0.15, 0.2) is 52.0 Å². The second kappa shape index (κ2) is 10.7. The molecule has 1 aliphatic heterocycles. The third-order valence-electron chi connectivity index (χ3n) is 4.83. The highest BCUT2D eigenvalue weighted by molar-refractivity contribution is 5.80. The minimum atomic E-state index is 0.523. The van der Waals surface area contributed by atoms with E-state index in [1.165, 1.54) is 5.56 Å². The lowest BCUT2D eigenvalue weighted by molar-refractivity contribution is 0.194. The van der Waals surface area contributed by atoms with Crippen molar-refractivity contribution in [2.45, 2.75) is 26.8 Å². The van der Waals surface area contributed by atoms with Gasteiger partial charge in [0, 0.05) is 45.3 Å². The predicted octanol–water partition coefficient (Wildman–Crippen LogP) is 3.03. The molecule has 1 fully saturated rings. The number of benzene rings is 1. The van der Waals surface area contributed by atoms with Gasteiger partial charge in [0.15, 0.2) is 11.7 Å². The zero-order valence-corrected chi connectivity index (χ0v) is 17.0. The number of nitrogens with one attached hydrogen (secondary N) is 1. The molecule has 0 atom stereocenters. The van der Waals surface area contributed by atoms with Crippen molar-refractivity contribution in [3.05, 3.63) is 59.5 Å². The Hall–Kier alpha value is -2.60. The van der Waals surface area contributed by atoms with Crippen LogP contribution in [0.3, 0.4) is 0 Å². The van der Waals surface area contributed by atoms with Crippen molar-refractivity contribution >= 4 is 12.0 Å². The quantitative estimate of drug-likeness (QED) is 0.590. The molecular formula is C22H31N5O. The fraction of sp³-hybridized carbons (Fsp3) is 0.455. The molecule has 0 saturated carbocycles. The molecule has 1 saturated heterocycles. The van der Waals surface area contributed by atoms with Gasteiger partial charge >= 0.3 is 0 Å². The number of aromatic nitrogens is 1. The summed E-state index contributed by atoms with van der Waals surface area (Å²) in [5.41, 5.74) is 2.23. The van der Waals surface area contributed by atoms with Gasteiger partial charge in [-0.25, -0.2) is 4.99 Å². The molecule has 2 aromatic rings. The molecule has 2 heterocycles. The first-order valence-electron chi connectivity index (χ1n) is 10.2. The molecule has 6 nitrogen and oxygen atoms in total. The van der Waals surface area contributed by atoms with Crippen LogP contribution in [0.5, 0.6) is 0 Å². The Morgan fingerprint density at radius 2 is 1.96 bits per heavy atom. The van der Waals surface area contributed by atoms with E-state index in [1.807, 2.05) is 12.1 Å². The first kappa shape index (κ1) is 20.1. The maximum absolute atomic E-state index is 5.35. The van der Waals surface area contributed by atoms with E-state index < -0.39 is 0 Å². The average Bonchev–Trinajstić information content (AvgIpc) is 3.21. The molecule has 1 aromatic carbocycles. The molecule has 1 N–H and O–H groups in total. The van der Waals surface area contributed by atoms with E-state index in [9.17, 15) is 0 Å². The number of piperazine rings is 1. The van der Waals surface area contributed by atoms with Crippen LogP contribution < -0.4 is 5.32 Å². The smallest absolute Gasteiger partial charge is 0.194 e. The molecule has 150 valence electrons. The van der Waals surface area contributed by atoms with Crippen molar-refractivity contribution in [2.24, 2.45) is 4.99 Å². The summed E-state index contributed by atoms with van der Waals surface area (Å²) in [6.07, 6.45) is 5.33. The Bertz CT molecular complexity index is 760. The van der Waals surface area contributed by atoms with Crippen LogP contribution in [-0.2, 0) is 13.0 Å². The van der Waals surface area contributed by atoms with E-state index in [2.05, 4.69) is 70.5 Å². The number of hydrogen-bond donors (Lipinski definition) is 1. The van der Waals surface area contributed by atoms with E-state index in [0.29, 0.717) is 6.54 Å². The molecule has 0 radical (unpaired) electrons. The van der Waals surface area contributed by atoms with E-state index in [1.54, 1.807) is 0 Å². The molecule has 0 aliphatic carbocycles. The summed E-state index contributed by atoms with van der Waals surface area (Å²) in [6.45, 7) is 10.5. The number of hydrogen-bond acceptors (Lipinski definition) is 4. The largest absolute Gasteiger partial charge is 0.359 e. The maximum Gasteiger partial charge on any atom is 0.194 e. The van der Waals surface area contributed by atoms with E-state index in [0.717, 1.165) is 63.1 Å². The van der Waals surface area contributed by atoms with Gasteiger partial charge < -0.3 is 14.7 Å². The van der Waals surface area contributed by atoms with Gasteiger partial charge in [0.1, 0.15) is 6.54 Å². The van der Waals surface area contributed by atoms with Crippen LogP contribution in [0.4, 0.5) is 0 Å². The van der Waals surface area contributed by atoms with Crippen molar-refractivity contribution in [1.82, 2.24) is 20.3 Å². The van der Waals surface area contributed by atoms with Gasteiger partial charge in [0.2, 0.25) is 0 Å². The Kier molecular flexibility index (Phi) is 7.67. The summed E-state index contributed by atoms with van der Waals surface area (Å²) in [5, 5.41) is 7.44. The molecule has 0 bridgehead atoms. The van der Waals surface area contributed by atoms with Crippen molar-refractivity contribution in [3.8, 4) is 0 Å². The second-order valence-corrected chi connectivity index (χ2v) is 6.91. The standard InChI is InChI=1S/C22H31N5O/c1-3-20-17-21(28-25-20)18-24-22(23-4-2)27-15-13-26(14-16-27)12-8-11-19-9-6-5-7-10-19/h5-11,17H,3-4,12-16,18H2,1-2H3,(H,23,24)/b11-8+. The summed E-state index contributed by atoms with van der Waals surface area (Å²) < 4.78 is 5.35. The lowest BCUT2D eigenvalue weighted by Crippen LogP contribution is -2.52. The third kappa shape index (κ3) is 5.96. The van der Waals surface area contributed by atoms with Crippen LogP contribution in [0.1, 0.15) is 30.9 Å². The van der Waals surface area contributed by atoms with Crippen LogP contribution in [0.2, 0.25) is 0 Å². The average molecular weight is 382 g/mol. The molecule has 0 amide bonds. The van der Waals surface area contributed by atoms with Crippen LogP contribution in [0, 0.1) is 0 Å². The number of rotatable bonds is 7. The minimum absolute atomic E-state index is 0.523. The normalized spacial score (nSPS) is 16.1. The number of aryl methyl sites for hydroxylation is 1. The van der Waals surface area contributed by atoms with Gasteiger partial charge in [0.05, 0.1) is 5.69 Å². The Morgan fingerprint density at radius 1 is 1.18 bits per heavy atom. The van der Waals surface area contributed by atoms with Crippen LogP contribution in [-0.4, -0.2) is 60.2 Å². The molecule has 1 aromatic heterocycles. The van der Waals surface area contributed by atoms with Crippen molar-refractivity contribution in [2.75, 3.05) is 39.3 Å². The van der Waals surface area contributed by atoms with Crippen LogP contribution in [0.25, 0.3) is 6.08 Å². The van der Waals surface area contributed by atoms with Gasteiger partial charge in [-0.1, -0.05) is 54.6 Å². The van der Waals surface area contributed by atoms with Gasteiger partial charge in [-0.05, 0) is 18.9 Å². The summed E-state index contributed by atoms with van der Waals surface area (Å²) in [5.74, 6) is 1.77. The zero-order valence-electron chi connectivity index (χ0n) is 17.0. The van der Waals surface area contributed by atoms with Crippen molar-refractivity contribution in [1.29, 1.82) is 0 Å². The van der Waals surface area contributed by atoms with E-state index >= 15 is 0 Å². The maximum atomic E-state index is 5.35. The molecule has 0 unspecified atom stereocenters. The zero-order chi connectivity index (χ0) is 19.6. The first-order valence-corrected chi connectivity index (χ1v) is 10.2. The van der Waals surface area contributed by atoms with Crippen LogP contribution >= 0.6 is 0 Å². The summed E-state index contributed by atoms with van der Waals surface area (Å²) in [7, 11) is 0. The number of guanidine groups is 1. The fourth-order valence-corrected chi connectivity index (χ4v) is 3.22. The van der Waals surface area contributed by atoms with Gasteiger partial charge in [0.25, 0.3) is 0 Å². The highest BCUT2D eigenvalue weighted by atomic mass is 16.5. The van der Waals surface area contributed by atoms with E-state index in [-0.39, 0.29) is 0 Å². The summed E-state index contributed by atoms with van der Waals surface area (Å²) in [6, 6.07) is 12.4. The van der Waals surface area contributed by atoms with Crippen molar-refractivity contribution < 1.29 is 4.52 Å². The lowest BCUT2D eigenvalue weighted by atomic mass is 10.2. The highest BCUT2D eigenvalue weighted by Crippen LogP contribution is 2.08. The van der Waals surface area contributed by atoms with Gasteiger partial charge in [-0.3, -0.25) is 4.90 Å². The molecule has 28 heavy (non-hydrogen) atoms. The highest BCUT2D eigenvalue weighted by Gasteiger charge is 2.18. The molecule has 1 aliphatic rings. The Balaban J connectivity index is 1.49. The SMILES string of the molecule is CCNC(=NCc1cc(CC)no1)N1CCN(C/C=C/c2ccccc2)CC1. The van der Waals surface area contributed by atoms with Gasteiger partial charge in [-0.2, -0.15) is 0 Å². The topological polar surface area (TPSA) is 56.9 Å². The molecule has 0 spiro atoms. The second-order valence-electron chi connectivity index (χ2n) is 6.91. The van der Waals surface area contributed by atoms with Crippen molar-refractivity contribution in [3.63, 3.8) is 0 Å². The monoisotopic (exact) mass is 381 g/mol. The van der Waals surface area contributed by atoms with E-state index in [4.69, 9.17) is 9.52 Å². The number of nitrogens with zero attached hydrogens (tertiary/aromatic N) is 4. The predicted molar refractivity (Wildman–Crippen MR) is 114 cm³/mol. The minimum Gasteiger partial charge on any atom is -0.359 e. The van der Waals surface area contributed by atoms with Gasteiger partial charge in [-0.15, -0.1) is 0 Å². The third-order valence-corrected chi connectivity index (χ3v) is 4.83. The first-order chi connectivity index (χ1) is 13.8.